The van der Waals surface area contributed by atoms with Crippen LogP contribution >= 0.6 is 0 Å². The number of allylic oxidation sites excluding steroid dienone is 1. The Labute approximate surface area is 184 Å². The number of aryl methyl sites for hydroxylation is 1. The lowest BCUT2D eigenvalue weighted by Crippen LogP contribution is -2.34. The van der Waals surface area contributed by atoms with Gasteiger partial charge in [-0.15, -0.1) is 0 Å². The van der Waals surface area contributed by atoms with Gasteiger partial charge in [-0.3, -0.25) is 14.9 Å². The second-order valence-corrected chi connectivity index (χ2v) is 8.65. The average Bonchev–Trinajstić information content (AvgIpc) is 3.08. The van der Waals surface area contributed by atoms with Crippen molar-refractivity contribution >= 4 is 18.4 Å². The van der Waals surface area contributed by atoms with Gasteiger partial charge in [-0.1, -0.05) is 45.0 Å². The van der Waals surface area contributed by atoms with E-state index in [4.69, 9.17) is 5.11 Å². The lowest BCUT2D eigenvalue weighted by atomic mass is 9.86. The first kappa shape index (κ1) is 24.3. The number of benzene rings is 1. The third kappa shape index (κ3) is 6.52. The number of hydrogen-bond acceptors (Lipinski definition) is 4. The highest BCUT2D eigenvalue weighted by molar-refractivity contribution is 5.91. The molecule has 3 rings (SSSR count). The van der Waals surface area contributed by atoms with Crippen LogP contribution in [0.1, 0.15) is 57.4 Å². The van der Waals surface area contributed by atoms with Crippen molar-refractivity contribution in [3.63, 3.8) is 0 Å². The van der Waals surface area contributed by atoms with Gasteiger partial charge in [0.05, 0.1) is 0 Å². The summed E-state index contributed by atoms with van der Waals surface area (Å²) >= 11 is 0. The molecule has 2 heterocycles. The van der Waals surface area contributed by atoms with E-state index in [1.54, 1.807) is 17.8 Å². The maximum atomic E-state index is 11.9. The minimum absolute atomic E-state index is 0.0851. The number of fused-ring (bicyclic) bond motifs is 1. The predicted octanol–water partition coefficient (Wildman–Crippen LogP) is 3.34. The third-order valence-electron chi connectivity index (χ3n) is 5.06. The van der Waals surface area contributed by atoms with Crippen LogP contribution in [0.4, 0.5) is 0 Å². The van der Waals surface area contributed by atoms with Crippen molar-refractivity contribution in [3.05, 3.63) is 63.1 Å². The molecule has 2 aromatic rings. The molecule has 0 saturated carbocycles. The molecule has 0 saturated heterocycles. The first-order valence-corrected chi connectivity index (χ1v) is 10.6. The summed E-state index contributed by atoms with van der Waals surface area (Å²) in [6, 6.07) is 10.2. The molecule has 31 heavy (non-hydrogen) atoms. The molecule has 7 nitrogen and oxygen atoms in total. The van der Waals surface area contributed by atoms with Gasteiger partial charge in [-0.25, -0.2) is 4.68 Å². The molecule has 1 aromatic heterocycles. The maximum absolute atomic E-state index is 11.9. The molecule has 0 amide bonds. The van der Waals surface area contributed by atoms with Crippen LogP contribution in [0.2, 0.25) is 0 Å². The van der Waals surface area contributed by atoms with Crippen LogP contribution in [0.15, 0.2) is 50.7 Å². The quantitative estimate of drug-likeness (QED) is 0.518. The molecule has 1 aliphatic heterocycles. The van der Waals surface area contributed by atoms with Crippen molar-refractivity contribution in [3.8, 4) is 0 Å². The number of nitrogens with zero attached hydrogens (tertiary/aromatic N) is 3. The lowest BCUT2D eigenvalue weighted by Gasteiger charge is -2.23. The Morgan fingerprint density at radius 2 is 1.84 bits per heavy atom. The molecule has 0 bridgehead atoms. The Balaban J connectivity index is 0.00000107. The molecule has 0 unspecified atom stereocenters. The minimum atomic E-state index is -0.137. The number of aliphatic imine (C=N–C) groups is 2. The number of aromatic amines is 1. The van der Waals surface area contributed by atoms with Gasteiger partial charge in [0.25, 0.3) is 5.56 Å². The molecular formula is C24H35N5O2. The molecule has 0 spiro atoms. The van der Waals surface area contributed by atoms with Gasteiger partial charge in [-0.05, 0) is 55.0 Å². The Bertz CT molecular complexity index is 988. The number of H-pyrrole nitrogens is 1. The zero-order valence-corrected chi connectivity index (χ0v) is 19.3. The highest BCUT2D eigenvalue weighted by Crippen LogP contribution is 2.26. The van der Waals surface area contributed by atoms with E-state index in [0.717, 1.165) is 29.8 Å². The van der Waals surface area contributed by atoms with Crippen molar-refractivity contribution < 1.29 is 5.11 Å². The van der Waals surface area contributed by atoms with E-state index < -0.39 is 0 Å². The van der Waals surface area contributed by atoms with Crippen LogP contribution in [-0.2, 0) is 11.8 Å². The Hall–Kier alpha value is -2.93. The smallest absolute Gasteiger partial charge is 0.264 e. The summed E-state index contributed by atoms with van der Waals surface area (Å²) in [5.41, 5.74) is 5.49. The maximum Gasteiger partial charge on any atom is 0.264 e. The third-order valence-corrected chi connectivity index (χ3v) is 5.06. The molecule has 7 heteroatoms. The van der Waals surface area contributed by atoms with Crippen molar-refractivity contribution in [2.24, 2.45) is 9.98 Å². The number of aromatic nitrogens is 2. The molecule has 0 radical (unpaired) electrons. The van der Waals surface area contributed by atoms with Crippen molar-refractivity contribution in [2.45, 2.75) is 52.4 Å². The highest BCUT2D eigenvalue weighted by atomic mass is 16.3. The summed E-state index contributed by atoms with van der Waals surface area (Å²) in [5, 5.41) is 15.4. The predicted molar refractivity (Wildman–Crippen MR) is 129 cm³/mol. The van der Waals surface area contributed by atoms with Crippen molar-refractivity contribution in [1.29, 1.82) is 0 Å². The summed E-state index contributed by atoms with van der Waals surface area (Å²) in [5.74, 6) is 0.583. The van der Waals surface area contributed by atoms with E-state index in [9.17, 15) is 4.79 Å². The van der Waals surface area contributed by atoms with Gasteiger partial charge < -0.3 is 15.4 Å². The van der Waals surface area contributed by atoms with Crippen LogP contribution in [0.25, 0.3) is 5.70 Å². The average molecular weight is 426 g/mol. The van der Waals surface area contributed by atoms with Gasteiger partial charge in [0, 0.05) is 37.7 Å². The van der Waals surface area contributed by atoms with E-state index in [0.29, 0.717) is 18.9 Å². The molecule has 1 aliphatic rings. The molecule has 0 aliphatic carbocycles. The van der Waals surface area contributed by atoms with E-state index in [-0.39, 0.29) is 17.6 Å². The monoisotopic (exact) mass is 425 g/mol. The molecule has 3 N–H and O–H groups in total. The van der Waals surface area contributed by atoms with Crippen LogP contribution in [-0.4, -0.2) is 47.8 Å². The van der Waals surface area contributed by atoms with Crippen molar-refractivity contribution in [1.82, 2.24) is 15.1 Å². The normalized spacial score (nSPS) is 17.7. The van der Waals surface area contributed by atoms with Gasteiger partial charge in [0.15, 0.2) is 0 Å². The van der Waals surface area contributed by atoms with E-state index in [1.807, 2.05) is 0 Å². The first-order chi connectivity index (χ1) is 14.7. The second-order valence-electron chi connectivity index (χ2n) is 8.65. The van der Waals surface area contributed by atoms with Crippen LogP contribution in [0.3, 0.4) is 0 Å². The minimum Gasteiger partial charge on any atom is -0.396 e. The Morgan fingerprint density at radius 1 is 1.19 bits per heavy atom. The van der Waals surface area contributed by atoms with Gasteiger partial charge in [0.2, 0.25) is 5.96 Å². The van der Waals surface area contributed by atoms with Crippen LogP contribution < -0.4 is 10.9 Å². The summed E-state index contributed by atoms with van der Waals surface area (Å²) in [7, 11) is 1.64. The summed E-state index contributed by atoms with van der Waals surface area (Å²) in [4.78, 5) is 19.8. The second kappa shape index (κ2) is 10.9. The standard InChI is InChI=1S/C22H30N4O2.C2H5N/c1-15-6-11-18-14-19(28)25-26(18)21(23-12-5-13-27)24-20(15)16-7-9-17(10-8-16)22(2,3)4;1-3-2/h7-10,14,27H,5-6,11-13H2,1-4H3,(H,23,24)(H,25,28);1H2,2H3/b20-15+;. The van der Waals surface area contributed by atoms with E-state index in [1.165, 1.54) is 11.1 Å². The SMILES string of the molecule is C/C1=C(/c2ccc(C(C)(C)C)cc2)NC(=NCCCO)n2[nH]c(=O)cc2CC1.C=NC. The number of hydrogen-bond donors (Lipinski definition) is 3. The molecule has 168 valence electrons. The zero-order chi connectivity index (χ0) is 23.0. The lowest BCUT2D eigenvalue weighted by molar-refractivity contribution is 0.291. The van der Waals surface area contributed by atoms with Crippen molar-refractivity contribution in [2.75, 3.05) is 20.2 Å². The van der Waals surface area contributed by atoms with Crippen LogP contribution in [0.5, 0.6) is 0 Å². The molecule has 0 atom stereocenters. The highest BCUT2D eigenvalue weighted by Gasteiger charge is 2.19. The van der Waals surface area contributed by atoms with Crippen LogP contribution in [0, 0.1) is 0 Å². The topological polar surface area (TPSA) is 94.8 Å². The largest absolute Gasteiger partial charge is 0.396 e. The van der Waals surface area contributed by atoms with E-state index >= 15 is 0 Å². The zero-order valence-electron chi connectivity index (χ0n) is 19.3. The summed E-state index contributed by atoms with van der Waals surface area (Å²) < 4.78 is 1.73. The number of aliphatic hydroxyl groups excluding tert-OH is 1. The van der Waals surface area contributed by atoms with E-state index in [2.05, 4.69) is 79.1 Å². The number of aliphatic hydroxyl groups is 1. The van der Waals surface area contributed by atoms with Gasteiger partial charge in [-0.2, -0.15) is 0 Å². The van der Waals surface area contributed by atoms with Gasteiger partial charge in [0.1, 0.15) is 0 Å². The Morgan fingerprint density at radius 3 is 2.42 bits per heavy atom. The fourth-order valence-corrected chi connectivity index (χ4v) is 3.34. The van der Waals surface area contributed by atoms with Gasteiger partial charge >= 0.3 is 0 Å². The number of rotatable bonds is 4. The fourth-order valence-electron chi connectivity index (χ4n) is 3.34. The molecule has 0 fully saturated rings. The first-order valence-electron chi connectivity index (χ1n) is 10.6. The number of nitrogens with one attached hydrogen (secondary N) is 2. The summed E-state index contributed by atoms with van der Waals surface area (Å²) in [6.45, 7) is 12.4. The molecular weight excluding hydrogens is 390 g/mol. The fraction of sp³-hybridized carbons (Fsp3) is 0.458. The summed E-state index contributed by atoms with van der Waals surface area (Å²) in [6.07, 6.45) is 2.18. The molecule has 1 aromatic carbocycles. The Kier molecular flexibility index (Phi) is 8.56.